The van der Waals surface area contributed by atoms with Crippen LogP contribution in [0.4, 0.5) is 5.69 Å². The van der Waals surface area contributed by atoms with Crippen molar-refractivity contribution < 1.29 is 13.9 Å². The van der Waals surface area contributed by atoms with Crippen molar-refractivity contribution in [2.24, 2.45) is 0 Å². The lowest BCUT2D eigenvalue weighted by atomic mass is 10.1. The van der Waals surface area contributed by atoms with Gasteiger partial charge in [-0.1, -0.05) is 0 Å². The summed E-state index contributed by atoms with van der Waals surface area (Å²) in [5.41, 5.74) is 2.35. The molecule has 1 aliphatic heterocycles. The molecule has 0 bridgehead atoms. The molecule has 0 atom stereocenters. The van der Waals surface area contributed by atoms with E-state index in [9.17, 15) is 4.79 Å². The second-order valence-corrected chi connectivity index (χ2v) is 7.94. The molecule has 3 heterocycles. The monoisotopic (exact) mass is 407 g/mol. The van der Waals surface area contributed by atoms with Gasteiger partial charge in [-0.2, -0.15) is 0 Å². The van der Waals surface area contributed by atoms with Gasteiger partial charge < -0.3 is 19.0 Å². The number of hydrogen-bond acceptors (Lipinski definition) is 7. The van der Waals surface area contributed by atoms with Crippen molar-refractivity contribution in [1.29, 1.82) is 0 Å². The highest BCUT2D eigenvalue weighted by molar-refractivity contribution is 5.92. The third-order valence-corrected chi connectivity index (χ3v) is 5.93. The van der Waals surface area contributed by atoms with E-state index in [0.29, 0.717) is 30.6 Å². The summed E-state index contributed by atoms with van der Waals surface area (Å²) in [6.45, 7) is 4.52. The third-order valence-electron chi connectivity index (χ3n) is 5.93. The molecule has 8 heteroatoms. The number of aryl methyl sites for hydroxylation is 1. The van der Waals surface area contributed by atoms with Crippen LogP contribution in [0.25, 0.3) is 10.9 Å². The van der Waals surface area contributed by atoms with Crippen LogP contribution in [0.1, 0.15) is 42.1 Å². The first kappa shape index (κ1) is 18.8. The molecule has 3 aromatic rings. The molecule has 1 aliphatic carbocycles. The fourth-order valence-electron chi connectivity index (χ4n) is 4.27. The van der Waals surface area contributed by atoms with Gasteiger partial charge in [-0.05, 0) is 43.9 Å². The number of fused-ring (bicyclic) bond motifs is 1. The lowest BCUT2D eigenvalue weighted by Crippen LogP contribution is -2.48. The molecule has 2 aliphatic rings. The molecular formula is C22H25N5O3. The first-order valence-electron chi connectivity index (χ1n) is 10.5. The average Bonchev–Trinajstić information content (AvgIpc) is 3.45. The molecular weight excluding hydrogens is 382 g/mol. The van der Waals surface area contributed by atoms with Gasteiger partial charge in [-0.3, -0.25) is 4.79 Å². The van der Waals surface area contributed by atoms with E-state index in [1.54, 1.807) is 13.3 Å². The molecule has 8 nitrogen and oxygen atoms in total. The second kappa shape index (κ2) is 7.93. The highest BCUT2D eigenvalue weighted by atomic mass is 16.5. The summed E-state index contributed by atoms with van der Waals surface area (Å²) in [7, 11) is 0. The van der Waals surface area contributed by atoms with Gasteiger partial charge in [0.05, 0.1) is 10.9 Å². The smallest absolute Gasteiger partial charge is 0.275 e. The van der Waals surface area contributed by atoms with Gasteiger partial charge in [0.2, 0.25) is 5.88 Å². The average molecular weight is 407 g/mol. The number of aromatic nitrogens is 3. The summed E-state index contributed by atoms with van der Waals surface area (Å²) in [6, 6.07) is 6.20. The van der Waals surface area contributed by atoms with Crippen molar-refractivity contribution in [3.63, 3.8) is 0 Å². The zero-order chi connectivity index (χ0) is 20.5. The number of carbonyl (C=O) groups is 1. The number of amides is 1. The summed E-state index contributed by atoms with van der Waals surface area (Å²) in [5, 5.41) is 0.943. The summed E-state index contributed by atoms with van der Waals surface area (Å²) < 4.78 is 11.4. The standard InChI is InChI=1S/C22H25N5O3/c1-15-25-20(13-29-15)22(28)27-10-8-26(9-11-27)16-6-7-19-18(12-16)21(24-14-23-19)30-17-4-2-3-5-17/h6-7,12-14,17H,2-5,8-11H2,1H3. The normalized spacial score (nSPS) is 17.6. The number of nitrogens with zero attached hydrogens (tertiary/aromatic N) is 5. The number of piperazine rings is 1. The number of hydrogen-bond donors (Lipinski definition) is 0. The number of ether oxygens (including phenoxy) is 1. The van der Waals surface area contributed by atoms with Crippen LogP contribution in [0.3, 0.4) is 0 Å². The van der Waals surface area contributed by atoms with Crippen LogP contribution in [-0.2, 0) is 0 Å². The van der Waals surface area contributed by atoms with Crippen LogP contribution in [0.15, 0.2) is 35.2 Å². The molecule has 1 amide bonds. The Morgan fingerprint density at radius 3 is 2.67 bits per heavy atom. The molecule has 0 radical (unpaired) electrons. The molecule has 2 aromatic heterocycles. The number of anilines is 1. The van der Waals surface area contributed by atoms with E-state index < -0.39 is 0 Å². The van der Waals surface area contributed by atoms with Crippen molar-refractivity contribution >= 4 is 22.5 Å². The molecule has 0 N–H and O–H groups in total. The van der Waals surface area contributed by atoms with E-state index in [0.717, 1.165) is 42.5 Å². The maximum Gasteiger partial charge on any atom is 0.275 e. The van der Waals surface area contributed by atoms with Crippen LogP contribution >= 0.6 is 0 Å². The number of rotatable bonds is 4. The molecule has 0 spiro atoms. The minimum Gasteiger partial charge on any atom is -0.474 e. The molecule has 156 valence electrons. The Hall–Kier alpha value is -3.16. The van der Waals surface area contributed by atoms with Crippen molar-refractivity contribution in [3.05, 3.63) is 42.4 Å². The van der Waals surface area contributed by atoms with Crippen molar-refractivity contribution in [1.82, 2.24) is 19.9 Å². The molecule has 1 aromatic carbocycles. The van der Waals surface area contributed by atoms with Crippen LogP contribution < -0.4 is 9.64 Å². The highest BCUT2D eigenvalue weighted by Crippen LogP contribution is 2.30. The Labute approximate surface area is 174 Å². The Bertz CT molecular complexity index is 1050. The summed E-state index contributed by atoms with van der Waals surface area (Å²) in [4.78, 5) is 29.7. The lowest BCUT2D eigenvalue weighted by molar-refractivity contribution is 0.0741. The van der Waals surface area contributed by atoms with Gasteiger partial charge >= 0.3 is 0 Å². The first-order chi connectivity index (χ1) is 14.7. The Kier molecular flexibility index (Phi) is 4.98. The van der Waals surface area contributed by atoms with E-state index >= 15 is 0 Å². The van der Waals surface area contributed by atoms with Gasteiger partial charge in [-0.15, -0.1) is 0 Å². The molecule has 1 saturated carbocycles. The lowest BCUT2D eigenvalue weighted by Gasteiger charge is -2.35. The van der Waals surface area contributed by atoms with E-state index in [1.807, 2.05) is 11.0 Å². The van der Waals surface area contributed by atoms with E-state index in [4.69, 9.17) is 9.15 Å². The third kappa shape index (κ3) is 3.69. The zero-order valence-electron chi connectivity index (χ0n) is 17.1. The van der Waals surface area contributed by atoms with Crippen molar-refractivity contribution in [2.75, 3.05) is 31.1 Å². The van der Waals surface area contributed by atoms with Crippen LogP contribution in [0, 0.1) is 6.92 Å². The fraction of sp³-hybridized carbons (Fsp3) is 0.455. The quantitative estimate of drug-likeness (QED) is 0.656. The Morgan fingerprint density at radius 1 is 1.13 bits per heavy atom. The van der Waals surface area contributed by atoms with E-state index in [-0.39, 0.29) is 12.0 Å². The molecule has 5 rings (SSSR count). The van der Waals surface area contributed by atoms with Gasteiger partial charge in [0.15, 0.2) is 11.6 Å². The molecule has 2 fully saturated rings. The predicted molar refractivity (Wildman–Crippen MR) is 112 cm³/mol. The maximum absolute atomic E-state index is 12.6. The number of benzene rings is 1. The van der Waals surface area contributed by atoms with Gasteiger partial charge in [0, 0.05) is 38.8 Å². The Balaban J connectivity index is 1.31. The summed E-state index contributed by atoms with van der Waals surface area (Å²) >= 11 is 0. The van der Waals surface area contributed by atoms with Gasteiger partial charge in [0.1, 0.15) is 18.7 Å². The van der Waals surface area contributed by atoms with Crippen molar-refractivity contribution in [2.45, 2.75) is 38.7 Å². The van der Waals surface area contributed by atoms with E-state index in [1.165, 1.54) is 19.1 Å². The largest absolute Gasteiger partial charge is 0.474 e. The van der Waals surface area contributed by atoms with Gasteiger partial charge in [-0.25, -0.2) is 15.0 Å². The second-order valence-electron chi connectivity index (χ2n) is 7.94. The maximum atomic E-state index is 12.6. The van der Waals surface area contributed by atoms with E-state index in [2.05, 4.69) is 32.0 Å². The van der Waals surface area contributed by atoms with Crippen LogP contribution in [0.2, 0.25) is 0 Å². The zero-order valence-corrected chi connectivity index (χ0v) is 17.1. The predicted octanol–water partition coefficient (Wildman–Crippen LogP) is 3.21. The SMILES string of the molecule is Cc1nc(C(=O)N2CCN(c3ccc4ncnc(OC5CCCC5)c4c3)CC2)co1. The Morgan fingerprint density at radius 2 is 1.93 bits per heavy atom. The highest BCUT2D eigenvalue weighted by Gasteiger charge is 2.25. The molecule has 0 unspecified atom stereocenters. The summed E-state index contributed by atoms with van der Waals surface area (Å²) in [6.07, 6.45) is 7.87. The number of oxazole rings is 1. The van der Waals surface area contributed by atoms with Crippen molar-refractivity contribution in [3.8, 4) is 5.88 Å². The van der Waals surface area contributed by atoms with Gasteiger partial charge in [0.25, 0.3) is 5.91 Å². The minimum absolute atomic E-state index is 0.0781. The molecule has 1 saturated heterocycles. The fourth-order valence-corrected chi connectivity index (χ4v) is 4.27. The van der Waals surface area contributed by atoms with Crippen LogP contribution in [0.5, 0.6) is 5.88 Å². The molecule has 30 heavy (non-hydrogen) atoms. The minimum atomic E-state index is -0.0781. The number of carbonyl (C=O) groups excluding carboxylic acids is 1. The van der Waals surface area contributed by atoms with Crippen LogP contribution in [-0.4, -0.2) is 58.0 Å². The first-order valence-corrected chi connectivity index (χ1v) is 10.5. The topological polar surface area (TPSA) is 84.6 Å². The summed E-state index contributed by atoms with van der Waals surface area (Å²) in [5.74, 6) is 1.10.